The number of nitrogens with zero attached hydrogens (tertiary/aromatic N) is 1. The van der Waals surface area contributed by atoms with Gasteiger partial charge in [-0.3, -0.25) is 4.90 Å². The Hall–Kier alpha value is -0.0800. The molecule has 0 amide bonds. The lowest BCUT2D eigenvalue weighted by Gasteiger charge is -2.40. The SMILES string of the molecule is CCC1(CN2CCNC(C)(C)C2)CC1. The van der Waals surface area contributed by atoms with Crippen molar-refractivity contribution in [2.75, 3.05) is 26.2 Å². The molecule has 0 spiro atoms. The molecule has 0 bridgehead atoms. The summed E-state index contributed by atoms with van der Waals surface area (Å²) in [6.07, 6.45) is 4.30. The second-order valence-electron chi connectivity index (χ2n) is 5.87. The van der Waals surface area contributed by atoms with Crippen LogP contribution in [0, 0.1) is 5.41 Å². The quantitative estimate of drug-likeness (QED) is 0.741. The molecule has 1 heterocycles. The molecule has 2 heteroatoms. The van der Waals surface area contributed by atoms with Crippen LogP contribution in [0.1, 0.15) is 40.0 Å². The Labute approximate surface area is 88.1 Å². The number of hydrogen-bond acceptors (Lipinski definition) is 2. The lowest BCUT2D eigenvalue weighted by Crippen LogP contribution is -2.57. The van der Waals surface area contributed by atoms with Gasteiger partial charge in [0.15, 0.2) is 0 Å². The zero-order valence-corrected chi connectivity index (χ0v) is 9.90. The van der Waals surface area contributed by atoms with Gasteiger partial charge >= 0.3 is 0 Å². The van der Waals surface area contributed by atoms with E-state index in [0.717, 1.165) is 6.54 Å². The zero-order chi connectivity index (χ0) is 10.2. The summed E-state index contributed by atoms with van der Waals surface area (Å²) in [6, 6.07) is 0. The van der Waals surface area contributed by atoms with Crippen LogP contribution < -0.4 is 5.32 Å². The molecule has 1 saturated heterocycles. The van der Waals surface area contributed by atoms with Crippen LogP contribution in [0.2, 0.25) is 0 Å². The molecule has 0 radical (unpaired) electrons. The monoisotopic (exact) mass is 196 g/mol. The summed E-state index contributed by atoms with van der Waals surface area (Å²) in [7, 11) is 0. The van der Waals surface area contributed by atoms with E-state index in [4.69, 9.17) is 0 Å². The minimum atomic E-state index is 0.321. The molecule has 2 fully saturated rings. The van der Waals surface area contributed by atoms with E-state index in [1.807, 2.05) is 0 Å². The van der Waals surface area contributed by atoms with Gasteiger partial charge in [-0.1, -0.05) is 6.92 Å². The predicted octanol–water partition coefficient (Wildman–Crippen LogP) is 1.86. The largest absolute Gasteiger partial charge is 0.309 e. The van der Waals surface area contributed by atoms with E-state index in [0.29, 0.717) is 11.0 Å². The van der Waals surface area contributed by atoms with E-state index in [1.54, 1.807) is 0 Å². The highest BCUT2D eigenvalue weighted by Gasteiger charge is 2.42. The number of nitrogens with one attached hydrogen (secondary N) is 1. The standard InChI is InChI=1S/C12H24N2/c1-4-12(5-6-12)10-14-8-7-13-11(2,3)9-14/h13H,4-10H2,1-3H3. The van der Waals surface area contributed by atoms with Crippen molar-refractivity contribution in [3.8, 4) is 0 Å². The molecular formula is C12H24N2. The van der Waals surface area contributed by atoms with Crippen molar-refractivity contribution in [1.29, 1.82) is 0 Å². The van der Waals surface area contributed by atoms with Crippen molar-refractivity contribution < 1.29 is 0 Å². The Kier molecular flexibility index (Phi) is 2.61. The van der Waals surface area contributed by atoms with Gasteiger partial charge in [0.25, 0.3) is 0 Å². The summed E-state index contributed by atoms with van der Waals surface area (Å²) in [6.45, 7) is 11.9. The van der Waals surface area contributed by atoms with Crippen molar-refractivity contribution in [3.05, 3.63) is 0 Å². The zero-order valence-electron chi connectivity index (χ0n) is 9.90. The van der Waals surface area contributed by atoms with Gasteiger partial charge in [-0.15, -0.1) is 0 Å². The first-order valence-electron chi connectivity index (χ1n) is 6.03. The lowest BCUT2D eigenvalue weighted by atomic mass is 9.98. The molecule has 1 aliphatic carbocycles. The Balaban J connectivity index is 1.86. The second-order valence-corrected chi connectivity index (χ2v) is 5.87. The van der Waals surface area contributed by atoms with Crippen molar-refractivity contribution in [3.63, 3.8) is 0 Å². The van der Waals surface area contributed by atoms with Gasteiger partial charge in [0.1, 0.15) is 0 Å². The molecule has 2 nitrogen and oxygen atoms in total. The third-order valence-corrected chi connectivity index (χ3v) is 3.92. The molecule has 82 valence electrons. The molecule has 0 aromatic rings. The lowest BCUT2D eigenvalue weighted by molar-refractivity contribution is 0.128. The van der Waals surface area contributed by atoms with Crippen LogP contribution in [0.5, 0.6) is 0 Å². The molecule has 0 atom stereocenters. The van der Waals surface area contributed by atoms with Crippen LogP contribution in [0.25, 0.3) is 0 Å². The minimum absolute atomic E-state index is 0.321. The maximum Gasteiger partial charge on any atom is 0.0252 e. The Morgan fingerprint density at radius 2 is 2.00 bits per heavy atom. The van der Waals surface area contributed by atoms with Crippen molar-refractivity contribution in [2.45, 2.75) is 45.6 Å². The van der Waals surface area contributed by atoms with E-state index in [-0.39, 0.29) is 0 Å². The average Bonchev–Trinajstić information content (AvgIpc) is 2.84. The highest BCUT2D eigenvalue weighted by Crippen LogP contribution is 2.49. The van der Waals surface area contributed by atoms with Crippen LogP contribution in [-0.4, -0.2) is 36.6 Å². The topological polar surface area (TPSA) is 15.3 Å². The molecule has 1 saturated carbocycles. The van der Waals surface area contributed by atoms with Gasteiger partial charge < -0.3 is 5.32 Å². The van der Waals surface area contributed by atoms with Crippen LogP contribution in [0.15, 0.2) is 0 Å². The van der Waals surface area contributed by atoms with Gasteiger partial charge in [-0.25, -0.2) is 0 Å². The van der Waals surface area contributed by atoms with Gasteiger partial charge in [0.2, 0.25) is 0 Å². The smallest absolute Gasteiger partial charge is 0.0252 e. The Morgan fingerprint density at radius 1 is 1.29 bits per heavy atom. The first-order chi connectivity index (χ1) is 6.55. The molecule has 0 aromatic heterocycles. The maximum atomic E-state index is 3.57. The van der Waals surface area contributed by atoms with Crippen molar-refractivity contribution in [2.24, 2.45) is 5.41 Å². The molecule has 1 aliphatic heterocycles. The van der Waals surface area contributed by atoms with E-state index in [2.05, 4.69) is 31.0 Å². The molecule has 0 aromatic carbocycles. The fourth-order valence-corrected chi connectivity index (χ4v) is 2.66. The average molecular weight is 196 g/mol. The van der Waals surface area contributed by atoms with Crippen LogP contribution in [0.4, 0.5) is 0 Å². The van der Waals surface area contributed by atoms with Gasteiger partial charge in [-0.2, -0.15) is 0 Å². The highest BCUT2D eigenvalue weighted by molar-refractivity contribution is 4.97. The first-order valence-corrected chi connectivity index (χ1v) is 6.03. The summed E-state index contributed by atoms with van der Waals surface area (Å²) in [5, 5.41) is 3.57. The summed E-state index contributed by atoms with van der Waals surface area (Å²) in [5.74, 6) is 0. The van der Waals surface area contributed by atoms with Crippen LogP contribution in [-0.2, 0) is 0 Å². The Bertz CT molecular complexity index is 206. The van der Waals surface area contributed by atoms with E-state index < -0.39 is 0 Å². The highest BCUT2D eigenvalue weighted by atomic mass is 15.2. The second kappa shape index (κ2) is 3.49. The van der Waals surface area contributed by atoms with Gasteiger partial charge in [0, 0.05) is 31.7 Å². The normalized spacial score (nSPS) is 30.2. The fourth-order valence-electron chi connectivity index (χ4n) is 2.66. The summed E-state index contributed by atoms with van der Waals surface area (Å²) in [5.41, 5.74) is 1.04. The molecule has 14 heavy (non-hydrogen) atoms. The number of hydrogen-bond donors (Lipinski definition) is 1. The van der Waals surface area contributed by atoms with Crippen LogP contribution >= 0.6 is 0 Å². The minimum Gasteiger partial charge on any atom is -0.309 e. The summed E-state index contributed by atoms with van der Waals surface area (Å²) >= 11 is 0. The number of piperazine rings is 1. The predicted molar refractivity (Wildman–Crippen MR) is 60.5 cm³/mol. The fraction of sp³-hybridized carbons (Fsp3) is 1.00. The van der Waals surface area contributed by atoms with E-state index in [1.165, 1.54) is 38.9 Å². The maximum absolute atomic E-state index is 3.57. The molecule has 0 unspecified atom stereocenters. The summed E-state index contributed by atoms with van der Waals surface area (Å²) < 4.78 is 0. The first kappa shape index (κ1) is 10.4. The third-order valence-electron chi connectivity index (χ3n) is 3.92. The third kappa shape index (κ3) is 2.29. The van der Waals surface area contributed by atoms with Gasteiger partial charge in [0.05, 0.1) is 0 Å². The van der Waals surface area contributed by atoms with E-state index in [9.17, 15) is 0 Å². The van der Waals surface area contributed by atoms with Crippen molar-refractivity contribution >= 4 is 0 Å². The molecule has 1 N–H and O–H groups in total. The van der Waals surface area contributed by atoms with Crippen molar-refractivity contribution in [1.82, 2.24) is 10.2 Å². The molecule has 2 aliphatic rings. The van der Waals surface area contributed by atoms with Gasteiger partial charge in [-0.05, 0) is 38.5 Å². The number of rotatable bonds is 3. The van der Waals surface area contributed by atoms with Crippen LogP contribution in [0.3, 0.4) is 0 Å². The Morgan fingerprint density at radius 3 is 2.50 bits per heavy atom. The molecule has 2 rings (SSSR count). The molecular weight excluding hydrogens is 172 g/mol. The van der Waals surface area contributed by atoms with E-state index >= 15 is 0 Å². The summed E-state index contributed by atoms with van der Waals surface area (Å²) in [4.78, 5) is 2.66.